The number of benzene rings is 3. The molecule has 0 fully saturated rings. The summed E-state index contributed by atoms with van der Waals surface area (Å²) < 4.78 is 12.1. The summed E-state index contributed by atoms with van der Waals surface area (Å²) in [6.07, 6.45) is 1.11. The highest BCUT2D eigenvalue weighted by Crippen LogP contribution is 2.41. The van der Waals surface area contributed by atoms with E-state index in [0.717, 1.165) is 31.0 Å². The first-order valence-electron chi connectivity index (χ1n) is 9.64. The predicted molar refractivity (Wildman–Crippen MR) is 106 cm³/mol. The van der Waals surface area contributed by atoms with E-state index in [9.17, 15) is 0 Å². The molecule has 3 nitrogen and oxygen atoms in total. The Bertz CT molecular complexity index is 938. The van der Waals surface area contributed by atoms with E-state index in [1.54, 1.807) is 0 Å². The molecule has 3 heteroatoms. The van der Waals surface area contributed by atoms with E-state index in [2.05, 4.69) is 59.5 Å². The summed E-state index contributed by atoms with van der Waals surface area (Å²) >= 11 is 0. The van der Waals surface area contributed by atoms with Crippen molar-refractivity contribution in [3.63, 3.8) is 0 Å². The van der Waals surface area contributed by atoms with Crippen LogP contribution >= 0.6 is 0 Å². The van der Waals surface area contributed by atoms with Gasteiger partial charge in [0.1, 0.15) is 24.7 Å². The lowest BCUT2D eigenvalue weighted by molar-refractivity contribution is 0.193. The maximum absolute atomic E-state index is 6.13. The number of ether oxygens (including phenoxy) is 2. The molecule has 0 aliphatic carbocycles. The van der Waals surface area contributed by atoms with Gasteiger partial charge in [-0.25, -0.2) is 0 Å². The van der Waals surface area contributed by atoms with Crippen molar-refractivity contribution in [1.29, 1.82) is 0 Å². The van der Waals surface area contributed by atoms with E-state index in [-0.39, 0.29) is 6.04 Å². The van der Waals surface area contributed by atoms with E-state index in [1.165, 1.54) is 22.3 Å². The van der Waals surface area contributed by atoms with Crippen molar-refractivity contribution in [3.05, 3.63) is 95.1 Å². The minimum Gasteiger partial charge on any atom is -0.492 e. The minimum absolute atomic E-state index is 0.274. The summed E-state index contributed by atoms with van der Waals surface area (Å²) in [5.74, 6) is 1.81. The first-order chi connectivity index (χ1) is 13.4. The molecule has 0 amide bonds. The Morgan fingerprint density at radius 2 is 1.74 bits per heavy atom. The van der Waals surface area contributed by atoms with Crippen molar-refractivity contribution in [1.82, 2.24) is 4.90 Å². The third-order valence-corrected chi connectivity index (χ3v) is 5.55. The number of hydrogen-bond donors (Lipinski definition) is 0. The molecule has 2 aliphatic rings. The summed E-state index contributed by atoms with van der Waals surface area (Å²) in [5.41, 5.74) is 5.27. The molecule has 136 valence electrons. The van der Waals surface area contributed by atoms with Crippen LogP contribution in [0.3, 0.4) is 0 Å². The van der Waals surface area contributed by atoms with Crippen LogP contribution in [0.25, 0.3) is 0 Å². The zero-order chi connectivity index (χ0) is 18.1. The summed E-state index contributed by atoms with van der Waals surface area (Å²) in [5, 5.41) is 0. The Labute approximate surface area is 160 Å². The highest BCUT2D eigenvalue weighted by atomic mass is 16.5. The summed E-state index contributed by atoms with van der Waals surface area (Å²) in [7, 11) is 0. The van der Waals surface area contributed by atoms with E-state index < -0.39 is 0 Å². The van der Waals surface area contributed by atoms with Gasteiger partial charge in [-0.05, 0) is 35.2 Å². The van der Waals surface area contributed by atoms with Gasteiger partial charge in [-0.1, -0.05) is 54.6 Å². The summed E-state index contributed by atoms with van der Waals surface area (Å²) in [6.45, 7) is 3.32. The normalized spacial score (nSPS) is 18.4. The summed E-state index contributed by atoms with van der Waals surface area (Å²) in [4.78, 5) is 2.54. The second-order valence-corrected chi connectivity index (χ2v) is 7.21. The molecule has 0 saturated carbocycles. The van der Waals surface area contributed by atoms with Crippen LogP contribution in [0.2, 0.25) is 0 Å². The molecule has 0 bridgehead atoms. The minimum atomic E-state index is 0.274. The predicted octanol–water partition coefficient (Wildman–Crippen LogP) is 4.61. The summed E-state index contributed by atoms with van der Waals surface area (Å²) in [6, 6.07) is 25.6. The molecule has 1 unspecified atom stereocenters. The zero-order valence-electron chi connectivity index (χ0n) is 15.3. The third kappa shape index (κ3) is 3.19. The first kappa shape index (κ1) is 16.4. The molecule has 5 rings (SSSR count). The maximum atomic E-state index is 6.13. The number of nitrogens with zero attached hydrogens (tertiary/aromatic N) is 1. The van der Waals surface area contributed by atoms with Crippen LogP contribution in [0.4, 0.5) is 0 Å². The average Bonchev–Trinajstić information content (AvgIpc) is 2.92. The molecule has 2 heterocycles. The maximum Gasteiger partial charge on any atom is 0.128 e. The second kappa shape index (κ2) is 7.09. The standard InChI is InChI=1S/C24H23NO2/c1-2-6-18(7-3-1)17-27-20-10-11-22-23(16-20)26-15-14-25-13-12-19-8-4-5-9-21(19)24(22)25/h1-11,16,24H,12-15,17H2. The van der Waals surface area contributed by atoms with Crippen LogP contribution in [0.5, 0.6) is 11.5 Å². The topological polar surface area (TPSA) is 21.7 Å². The molecule has 2 aliphatic heterocycles. The fourth-order valence-corrected chi connectivity index (χ4v) is 4.19. The Morgan fingerprint density at radius 3 is 2.67 bits per heavy atom. The first-order valence-corrected chi connectivity index (χ1v) is 9.64. The number of fused-ring (bicyclic) bond motifs is 5. The fraction of sp³-hybridized carbons (Fsp3) is 0.250. The molecular formula is C24H23NO2. The molecule has 0 spiro atoms. The van der Waals surface area contributed by atoms with Crippen molar-refractivity contribution in [3.8, 4) is 11.5 Å². The van der Waals surface area contributed by atoms with Gasteiger partial charge in [-0.3, -0.25) is 4.90 Å². The van der Waals surface area contributed by atoms with Gasteiger partial charge in [0.15, 0.2) is 0 Å². The van der Waals surface area contributed by atoms with Crippen LogP contribution in [0.1, 0.15) is 28.3 Å². The smallest absolute Gasteiger partial charge is 0.128 e. The van der Waals surface area contributed by atoms with Crippen LogP contribution in [-0.2, 0) is 13.0 Å². The van der Waals surface area contributed by atoms with Gasteiger partial charge in [0.05, 0.1) is 6.04 Å². The fourth-order valence-electron chi connectivity index (χ4n) is 4.19. The lowest BCUT2D eigenvalue weighted by Gasteiger charge is -2.36. The highest BCUT2D eigenvalue weighted by molar-refractivity contribution is 5.49. The SMILES string of the molecule is c1ccc(COc2ccc3c(c2)OCCN2CCc4ccccc4C32)cc1. The molecule has 0 aromatic heterocycles. The molecule has 3 aromatic carbocycles. The molecular weight excluding hydrogens is 334 g/mol. The van der Waals surface area contributed by atoms with Crippen molar-refractivity contribution in [2.45, 2.75) is 19.1 Å². The van der Waals surface area contributed by atoms with Gasteiger partial charge in [-0.2, -0.15) is 0 Å². The molecule has 1 atom stereocenters. The number of rotatable bonds is 3. The molecule has 0 radical (unpaired) electrons. The monoisotopic (exact) mass is 357 g/mol. The third-order valence-electron chi connectivity index (χ3n) is 5.55. The van der Waals surface area contributed by atoms with Gasteiger partial charge in [-0.15, -0.1) is 0 Å². The Kier molecular flexibility index (Phi) is 4.30. The number of hydrogen-bond acceptors (Lipinski definition) is 3. The van der Waals surface area contributed by atoms with E-state index in [4.69, 9.17) is 9.47 Å². The zero-order valence-corrected chi connectivity index (χ0v) is 15.3. The van der Waals surface area contributed by atoms with E-state index in [1.807, 2.05) is 18.2 Å². The van der Waals surface area contributed by atoms with Crippen molar-refractivity contribution in [2.24, 2.45) is 0 Å². The van der Waals surface area contributed by atoms with E-state index >= 15 is 0 Å². The second-order valence-electron chi connectivity index (χ2n) is 7.21. The Morgan fingerprint density at radius 1 is 0.889 bits per heavy atom. The lowest BCUT2D eigenvalue weighted by atomic mass is 9.88. The average molecular weight is 357 g/mol. The Balaban J connectivity index is 1.46. The molecule has 0 saturated heterocycles. The van der Waals surface area contributed by atoms with Crippen molar-refractivity contribution in [2.75, 3.05) is 19.7 Å². The largest absolute Gasteiger partial charge is 0.492 e. The van der Waals surface area contributed by atoms with Gasteiger partial charge >= 0.3 is 0 Å². The van der Waals surface area contributed by atoms with Crippen molar-refractivity contribution >= 4 is 0 Å². The van der Waals surface area contributed by atoms with Gasteiger partial charge < -0.3 is 9.47 Å². The quantitative estimate of drug-likeness (QED) is 0.683. The van der Waals surface area contributed by atoms with Gasteiger partial charge in [0.2, 0.25) is 0 Å². The van der Waals surface area contributed by atoms with Crippen LogP contribution in [0, 0.1) is 0 Å². The van der Waals surface area contributed by atoms with E-state index in [0.29, 0.717) is 13.2 Å². The lowest BCUT2D eigenvalue weighted by Crippen LogP contribution is -2.36. The van der Waals surface area contributed by atoms with Gasteiger partial charge in [0.25, 0.3) is 0 Å². The molecule has 3 aromatic rings. The highest BCUT2D eigenvalue weighted by Gasteiger charge is 2.32. The molecule has 27 heavy (non-hydrogen) atoms. The Hall–Kier alpha value is -2.78. The van der Waals surface area contributed by atoms with Crippen molar-refractivity contribution < 1.29 is 9.47 Å². The molecule has 0 N–H and O–H groups in total. The van der Waals surface area contributed by atoms with Crippen LogP contribution in [0.15, 0.2) is 72.8 Å². The van der Waals surface area contributed by atoms with Crippen LogP contribution in [-0.4, -0.2) is 24.6 Å². The van der Waals surface area contributed by atoms with Crippen LogP contribution < -0.4 is 9.47 Å². The van der Waals surface area contributed by atoms with Gasteiger partial charge in [0, 0.05) is 24.7 Å².